The van der Waals surface area contributed by atoms with Crippen molar-refractivity contribution in [2.45, 2.75) is 32.2 Å². The second-order valence-corrected chi connectivity index (χ2v) is 6.04. The SMILES string of the molecule is CCCNC(Cc1ccccc1)Cc1cccc(Cl)c1Cl. The minimum absolute atomic E-state index is 0.364. The highest BCUT2D eigenvalue weighted by atomic mass is 35.5. The Hall–Kier alpha value is -1.02. The summed E-state index contributed by atoms with van der Waals surface area (Å²) in [4.78, 5) is 0. The van der Waals surface area contributed by atoms with Gasteiger partial charge in [0.25, 0.3) is 0 Å². The molecule has 0 aromatic heterocycles. The predicted molar refractivity (Wildman–Crippen MR) is 92.4 cm³/mol. The lowest BCUT2D eigenvalue weighted by molar-refractivity contribution is 0.505. The maximum absolute atomic E-state index is 6.31. The van der Waals surface area contributed by atoms with Gasteiger partial charge in [-0.05, 0) is 43.0 Å². The van der Waals surface area contributed by atoms with Crippen molar-refractivity contribution >= 4 is 23.2 Å². The van der Waals surface area contributed by atoms with Gasteiger partial charge < -0.3 is 5.32 Å². The van der Waals surface area contributed by atoms with Crippen LogP contribution in [0.5, 0.6) is 0 Å². The van der Waals surface area contributed by atoms with E-state index in [1.165, 1.54) is 5.56 Å². The quantitative estimate of drug-likeness (QED) is 0.743. The number of nitrogens with one attached hydrogen (secondary N) is 1. The lowest BCUT2D eigenvalue weighted by atomic mass is 9.99. The van der Waals surface area contributed by atoms with Crippen LogP contribution in [0.1, 0.15) is 24.5 Å². The van der Waals surface area contributed by atoms with Crippen LogP contribution in [0.25, 0.3) is 0 Å². The molecule has 0 bridgehead atoms. The molecule has 0 fully saturated rings. The number of halogens is 2. The standard InChI is InChI=1S/C18H21Cl2N/c1-2-11-21-16(12-14-7-4-3-5-8-14)13-15-9-6-10-17(19)18(15)20/h3-10,16,21H,2,11-13H2,1H3. The van der Waals surface area contributed by atoms with Gasteiger partial charge >= 0.3 is 0 Å². The largest absolute Gasteiger partial charge is 0.313 e. The molecule has 0 saturated carbocycles. The Bertz CT molecular complexity index is 554. The van der Waals surface area contributed by atoms with E-state index in [4.69, 9.17) is 23.2 Å². The predicted octanol–water partition coefficient (Wildman–Crippen LogP) is 5.15. The fourth-order valence-corrected chi connectivity index (χ4v) is 2.83. The molecule has 2 rings (SSSR count). The summed E-state index contributed by atoms with van der Waals surface area (Å²) < 4.78 is 0. The van der Waals surface area contributed by atoms with Crippen LogP contribution in [0.2, 0.25) is 10.0 Å². The molecule has 2 aromatic rings. The third-order valence-corrected chi connectivity index (χ3v) is 4.36. The molecule has 3 heteroatoms. The summed E-state index contributed by atoms with van der Waals surface area (Å²) in [6.45, 7) is 3.19. The first-order valence-corrected chi connectivity index (χ1v) is 8.16. The van der Waals surface area contributed by atoms with E-state index in [0.29, 0.717) is 16.1 Å². The zero-order valence-electron chi connectivity index (χ0n) is 12.3. The van der Waals surface area contributed by atoms with Crippen molar-refractivity contribution in [1.82, 2.24) is 5.32 Å². The van der Waals surface area contributed by atoms with Crippen molar-refractivity contribution in [3.63, 3.8) is 0 Å². The summed E-state index contributed by atoms with van der Waals surface area (Å²) >= 11 is 12.4. The van der Waals surface area contributed by atoms with Crippen LogP contribution in [-0.4, -0.2) is 12.6 Å². The highest BCUT2D eigenvalue weighted by molar-refractivity contribution is 6.42. The smallest absolute Gasteiger partial charge is 0.0624 e. The maximum atomic E-state index is 6.31. The molecule has 0 radical (unpaired) electrons. The van der Waals surface area contributed by atoms with Crippen LogP contribution in [-0.2, 0) is 12.8 Å². The minimum atomic E-state index is 0.364. The summed E-state index contributed by atoms with van der Waals surface area (Å²) in [5.74, 6) is 0. The number of hydrogen-bond donors (Lipinski definition) is 1. The normalized spacial score (nSPS) is 12.3. The molecule has 1 nitrogen and oxygen atoms in total. The van der Waals surface area contributed by atoms with Gasteiger partial charge in [-0.15, -0.1) is 0 Å². The highest BCUT2D eigenvalue weighted by Gasteiger charge is 2.13. The fourth-order valence-electron chi connectivity index (χ4n) is 2.44. The molecule has 0 heterocycles. The Balaban J connectivity index is 2.10. The molecule has 0 aliphatic heterocycles. The van der Waals surface area contributed by atoms with Crippen LogP contribution in [0.15, 0.2) is 48.5 Å². The van der Waals surface area contributed by atoms with E-state index >= 15 is 0 Å². The van der Waals surface area contributed by atoms with Gasteiger partial charge in [0, 0.05) is 6.04 Å². The fraction of sp³-hybridized carbons (Fsp3) is 0.333. The molecule has 112 valence electrons. The summed E-state index contributed by atoms with van der Waals surface area (Å²) in [5, 5.41) is 4.92. The van der Waals surface area contributed by atoms with Crippen LogP contribution in [0.4, 0.5) is 0 Å². The first kappa shape index (κ1) is 16.4. The molecule has 2 aromatic carbocycles. The van der Waals surface area contributed by atoms with Crippen molar-refractivity contribution in [3.8, 4) is 0 Å². The van der Waals surface area contributed by atoms with E-state index in [1.807, 2.05) is 18.2 Å². The van der Waals surface area contributed by atoms with Crippen molar-refractivity contribution < 1.29 is 0 Å². The van der Waals surface area contributed by atoms with Crippen LogP contribution < -0.4 is 5.32 Å². The van der Waals surface area contributed by atoms with E-state index in [9.17, 15) is 0 Å². The van der Waals surface area contributed by atoms with Gasteiger partial charge in [0.2, 0.25) is 0 Å². The van der Waals surface area contributed by atoms with Gasteiger partial charge in [0.15, 0.2) is 0 Å². The molecule has 21 heavy (non-hydrogen) atoms. The summed E-state index contributed by atoms with van der Waals surface area (Å²) in [7, 11) is 0. The monoisotopic (exact) mass is 321 g/mol. The zero-order chi connectivity index (χ0) is 15.1. The van der Waals surface area contributed by atoms with Gasteiger partial charge in [0.05, 0.1) is 10.0 Å². The Morgan fingerprint density at radius 2 is 1.71 bits per heavy atom. The van der Waals surface area contributed by atoms with Crippen LogP contribution >= 0.6 is 23.2 Å². The number of benzene rings is 2. The Morgan fingerprint density at radius 3 is 2.43 bits per heavy atom. The molecule has 0 spiro atoms. The second kappa shape index (κ2) is 8.43. The highest BCUT2D eigenvalue weighted by Crippen LogP contribution is 2.26. The summed E-state index contributed by atoms with van der Waals surface area (Å²) in [5.41, 5.74) is 2.44. The lowest BCUT2D eigenvalue weighted by Gasteiger charge is -2.19. The maximum Gasteiger partial charge on any atom is 0.0624 e. The zero-order valence-corrected chi connectivity index (χ0v) is 13.8. The average molecular weight is 322 g/mol. The van der Waals surface area contributed by atoms with Gasteiger partial charge in [-0.3, -0.25) is 0 Å². The number of hydrogen-bond acceptors (Lipinski definition) is 1. The Morgan fingerprint density at radius 1 is 0.952 bits per heavy atom. The molecular weight excluding hydrogens is 301 g/mol. The van der Waals surface area contributed by atoms with Crippen LogP contribution in [0.3, 0.4) is 0 Å². The van der Waals surface area contributed by atoms with Gasteiger partial charge in [-0.25, -0.2) is 0 Å². The average Bonchev–Trinajstić information content (AvgIpc) is 2.50. The first-order chi connectivity index (χ1) is 10.2. The van der Waals surface area contributed by atoms with Gasteiger partial charge in [-0.2, -0.15) is 0 Å². The van der Waals surface area contributed by atoms with E-state index in [1.54, 1.807) is 0 Å². The number of rotatable bonds is 7. The van der Waals surface area contributed by atoms with Crippen LogP contribution in [0, 0.1) is 0 Å². The van der Waals surface area contributed by atoms with E-state index < -0.39 is 0 Å². The summed E-state index contributed by atoms with van der Waals surface area (Å²) in [6, 6.07) is 16.8. The van der Waals surface area contributed by atoms with Crippen molar-refractivity contribution in [3.05, 3.63) is 69.7 Å². The van der Waals surface area contributed by atoms with Crippen molar-refractivity contribution in [2.24, 2.45) is 0 Å². The second-order valence-electron chi connectivity index (χ2n) is 5.26. The Kier molecular flexibility index (Phi) is 6.56. The van der Waals surface area contributed by atoms with E-state index in [2.05, 4.69) is 42.6 Å². The molecule has 0 aliphatic rings. The van der Waals surface area contributed by atoms with Crippen molar-refractivity contribution in [1.29, 1.82) is 0 Å². The van der Waals surface area contributed by atoms with Gasteiger partial charge in [-0.1, -0.05) is 72.6 Å². The third-order valence-electron chi connectivity index (χ3n) is 3.51. The first-order valence-electron chi connectivity index (χ1n) is 7.41. The lowest BCUT2D eigenvalue weighted by Crippen LogP contribution is -2.33. The molecular formula is C18H21Cl2N. The third kappa shape index (κ3) is 5.03. The molecule has 0 saturated heterocycles. The van der Waals surface area contributed by atoms with Gasteiger partial charge in [0.1, 0.15) is 0 Å². The minimum Gasteiger partial charge on any atom is -0.313 e. The van der Waals surface area contributed by atoms with E-state index in [-0.39, 0.29) is 0 Å². The molecule has 1 unspecified atom stereocenters. The molecule has 1 N–H and O–H groups in total. The molecule has 0 amide bonds. The summed E-state index contributed by atoms with van der Waals surface area (Å²) in [6.07, 6.45) is 2.99. The Labute approximate surface area is 137 Å². The van der Waals surface area contributed by atoms with E-state index in [0.717, 1.165) is 31.4 Å². The topological polar surface area (TPSA) is 12.0 Å². The molecule has 1 atom stereocenters. The molecule has 0 aliphatic carbocycles. The van der Waals surface area contributed by atoms with Crippen molar-refractivity contribution in [2.75, 3.05) is 6.54 Å².